The van der Waals surface area contributed by atoms with E-state index in [1.165, 1.54) is 16.7 Å². The molecule has 1 fully saturated rings. The molecular formula is C34H35N3O3. The summed E-state index contributed by atoms with van der Waals surface area (Å²) in [5, 5.41) is 7.31. The quantitative estimate of drug-likeness (QED) is 0.415. The van der Waals surface area contributed by atoms with Gasteiger partial charge >= 0.3 is 0 Å². The average Bonchev–Trinajstić information content (AvgIpc) is 3.57. The Bertz CT molecular complexity index is 1520. The summed E-state index contributed by atoms with van der Waals surface area (Å²) in [6, 6.07) is 16.7. The van der Waals surface area contributed by atoms with Crippen molar-refractivity contribution in [3.05, 3.63) is 118 Å². The van der Waals surface area contributed by atoms with Crippen LogP contribution in [0.15, 0.2) is 89.9 Å². The molecule has 3 aromatic rings. The Labute approximate surface area is 235 Å². The molecule has 0 bridgehead atoms. The number of nitrogens with zero attached hydrogens (tertiary/aromatic N) is 2. The largest absolute Gasteiger partial charge is 0.376 e. The number of ether oxygens (including phenoxy) is 1. The Balaban J connectivity index is 1.12. The van der Waals surface area contributed by atoms with Gasteiger partial charge < -0.3 is 10.1 Å². The Hall–Kier alpha value is -4.03. The number of allylic oxidation sites excluding steroid dienone is 4. The molecule has 3 aliphatic rings. The van der Waals surface area contributed by atoms with Gasteiger partial charge in [-0.15, -0.1) is 0 Å². The van der Waals surface area contributed by atoms with Gasteiger partial charge in [0, 0.05) is 23.9 Å². The lowest BCUT2D eigenvalue weighted by molar-refractivity contribution is -0.114. The molecule has 0 radical (unpaired) electrons. The molecule has 6 rings (SSSR count). The van der Waals surface area contributed by atoms with E-state index in [1.807, 2.05) is 36.4 Å². The number of hydrogen-bond donors (Lipinski definition) is 1. The van der Waals surface area contributed by atoms with Crippen LogP contribution in [0.4, 0.5) is 0 Å². The molecule has 40 heavy (non-hydrogen) atoms. The van der Waals surface area contributed by atoms with Crippen LogP contribution >= 0.6 is 0 Å². The third kappa shape index (κ3) is 5.92. The van der Waals surface area contributed by atoms with Crippen LogP contribution < -0.4 is 5.32 Å². The second-order valence-corrected chi connectivity index (χ2v) is 11.4. The number of fused-ring (bicyclic) bond motifs is 1. The Morgan fingerprint density at radius 1 is 1.05 bits per heavy atom. The van der Waals surface area contributed by atoms with Crippen molar-refractivity contribution >= 4 is 17.8 Å². The SMILES string of the molecule is CC1CC(Cc2ccc3c(c2)C=C(C2=CC(NC(=O)c4cnn(Cc5ccccc5)c4)=CCC2=O)C3)CC(C)O1. The van der Waals surface area contributed by atoms with Crippen LogP contribution in [-0.4, -0.2) is 33.7 Å². The summed E-state index contributed by atoms with van der Waals surface area (Å²) in [6.07, 6.45) is 13.9. The molecular weight excluding hydrogens is 498 g/mol. The first-order chi connectivity index (χ1) is 19.4. The number of benzene rings is 2. The molecule has 6 nitrogen and oxygen atoms in total. The van der Waals surface area contributed by atoms with Gasteiger partial charge in [-0.3, -0.25) is 14.3 Å². The Kier molecular flexibility index (Phi) is 7.35. The molecule has 0 saturated carbocycles. The van der Waals surface area contributed by atoms with E-state index < -0.39 is 0 Å². The van der Waals surface area contributed by atoms with E-state index in [2.05, 4.69) is 48.5 Å². The molecule has 2 atom stereocenters. The number of nitrogens with one attached hydrogen (secondary N) is 1. The van der Waals surface area contributed by atoms with E-state index in [0.29, 0.717) is 41.5 Å². The van der Waals surface area contributed by atoms with Gasteiger partial charge in [0.05, 0.1) is 30.5 Å². The molecule has 1 saturated heterocycles. The zero-order chi connectivity index (χ0) is 27.6. The maximum atomic E-state index is 13.0. The second kappa shape index (κ2) is 11.2. The van der Waals surface area contributed by atoms with Crippen molar-refractivity contribution in [1.29, 1.82) is 0 Å². The number of aromatic nitrogens is 2. The van der Waals surface area contributed by atoms with Crippen LogP contribution in [0.2, 0.25) is 0 Å². The van der Waals surface area contributed by atoms with E-state index in [-0.39, 0.29) is 18.1 Å². The van der Waals surface area contributed by atoms with E-state index in [9.17, 15) is 9.59 Å². The first-order valence-electron chi connectivity index (χ1n) is 14.2. The van der Waals surface area contributed by atoms with Gasteiger partial charge in [0.15, 0.2) is 5.78 Å². The summed E-state index contributed by atoms with van der Waals surface area (Å²) < 4.78 is 7.67. The maximum absolute atomic E-state index is 13.0. The molecule has 1 aromatic heterocycles. The lowest BCUT2D eigenvalue weighted by Crippen LogP contribution is -2.30. The fourth-order valence-electron chi connectivity index (χ4n) is 6.23. The highest BCUT2D eigenvalue weighted by Crippen LogP contribution is 2.34. The average molecular weight is 534 g/mol. The number of ketones is 1. The van der Waals surface area contributed by atoms with Crippen molar-refractivity contribution in [2.24, 2.45) is 5.92 Å². The summed E-state index contributed by atoms with van der Waals surface area (Å²) in [6.45, 7) is 4.93. The standard InChI is InChI=1S/C34H35N3O3/c1-22-12-26(13-23(2)40-22)14-25-8-9-27-16-29(17-28(27)15-25)32-18-31(10-11-33(32)38)36-34(39)30-19-35-37(21-30)20-24-6-4-3-5-7-24/h3-10,15,17-19,21-23,26H,11-14,16,20H2,1-2H3,(H,36,39). The smallest absolute Gasteiger partial charge is 0.258 e. The molecule has 2 unspecified atom stereocenters. The molecule has 0 spiro atoms. The first-order valence-corrected chi connectivity index (χ1v) is 14.2. The second-order valence-electron chi connectivity index (χ2n) is 11.4. The van der Waals surface area contributed by atoms with Gasteiger partial charge in [0.2, 0.25) is 0 Å². The highest BCUT2D eigenvalue weighted by atomic mass is 16.5. The van der Waals surface area contributed by atoms with Crippen molar-refractivity contribution < 1.29 is 14.3 Å². The van der Waals surface area contributed by atoms with Gasteiger partial charge in [0.25, 0.3) is 5.91 Å². The van der Waals surface area contributed by atoms with Gasteiger partial charge in [0.1, 0.15) is 0 Å². The topological polar surface area (TPSA) is 73.2 Å². The molecule has 2 heterocycles. The minimum absolute atomic E-state index is 0.0816. The van der Waals surface area contributed by atoms with Crippen molar-refractivity contribution in [2.45, 2.75) is 64.7 Å². The number of hydrogen-bond acceptors (Lipinski definition) is 4. The van der Waals surface area contributed by atoms with Crippen molar-refractivity contribution in [1.82, 2.24) is 15.1 Å². The van der Waals surface area contributed by atoms with Crippen LogP contribution in [0.5, 0.6) is 0 Å². The normalized spacial score (nSPS) is 22.3. The Morgan fingerprint density at radius 3 is 2.65 bits per heavy atom. The predicted octanol–water partition coefficient (Wildman–Crippen LogP) is 5.83. The summed E-state index contributed by atoms with van der Waals surface area (Å²) in [5.41, 5.74) is 7.72. The Morgan fingerprint density at radius 2 is 1.85 bits per heavy atom. The van der Waals surface area contributed by atoms with Crippen LogP contribution in [0.1, 0.15) is 65.7 Å². The van der Waals surface area contributed by atoms with Crippen LogP contribution in [0, 0.1) is 5.92 Å². The van der Waals surface area contributed by atoms with Crippen molar-refractivity contribution in [2.75, 3.05) is 0 Å². The fraction of sp³-hybridized carbons (Fsp3) is 0.324. The monoisotopic (exact) mass is 533 g/mol. The lowest BCUT2D eigenvalue weighted by atomic mass is 9.86. The molecule has 1 amide bonds. The minimum Gasteiger partial charge on any atom is -0.376 e. The summed E-state index contributed by atoms with van der Waals surface area (Å²) >= 11 is 0. The zero-order valence-corrected chi connectivity index (χ0v) is 23.1. The van der Waals surface area contributed by atoms with Gasteiger partial charge in [-0.05, 0) is 79.4 Å². The van der Waals surface area contributed by atoms with Crippen LogP contribution in [0.3, 0.4) is 0 Å². The molecule has 1 N–H and O–H groups in total. The van der Waals surface area contributed by atoms with Crippen LogP contribution in [0.25, 0.3) is 6.08 Å². The maximum Gasteiger partial charge on any atom is 0.258 e. The van der Waals surface area contributed by atoms with E-state index in [4.69, 9.17) is 4.74 Å². The third-order valence-electron chi connectivity index (χ3n) is 8.03. The molecule has 2 aromatic carbocycles. The van der Waals surface area contributed by atoms with E-state index in [0.717, 1.165) is 36.8 Å². The zero-order valence-electron chi connectivity index (χ0n) is 23.1. The molecule has 2 aliphatic carbocycles. The van der Waals surface area contributed by atoms with Crippen molar-refractivity contribution in [3.63, 3.8) is 0 Å². The number of carbonyl (C=O) groups is 2. The fourth-order valence-corrected chi connectivity index (χ4v) is 6.23. The molecule has 204 valence electrons. The van der Waals surface area contributed by atoms with Gasteiger partial charge in [-0.25, -0.2) is 0 Å². The first kappa shape index (κ1) is 26.2. The minimum atomic E-state index is -0.236. The van der Waals surface area contributed by atoms with Gasteiger partial charge in [-0.2, -0.15) is 5.10 Å². The third-order valence-corrected chi connectivity index (χ3v) is 8.03. The van der Waals surface area contributed by atoms with E-state index in [1.54, 1.807) is 23.2 Å². The summed E-state index contributed by atoms with van der Waals surface area (Å²) in [7, 11) is 0. The number of Topliss-reactive ketones (excluding diaryl/α,β-unsaturated/α-hetero) is 1. The highest BCUT2D eigenvalue weighted by Gasteiger charge is 2.26. The number of rotatable bonds is 7. The number of amides is 1. The van der Waals surface area contributed by atoms with Crippen molar-refractivity contribution in [3.8, 4) is 0 Å². The molecule has 6 heteroatoms. The molecule has 1 aliphatic heterocycles. The number of carbonyl (C=O) groups excluding carboxylic acids is 2. The highest BCUT2D eigenvalue weighted by molar-refractivity contribution is 6.04. The van der Waals surface area contributed by atoms with Gasteiger partial charge in [-0.1, -0.05) is 60.7 Å². The predicted molar refractivity (Wildman–Crippen MR) is 156 cm³/mol. The van der Waals surface area contributed by atoms with Crippen LogP contribution in [-0.2, 0) is 28.9 Å². The summed E-state index contributed by atoms with van der Waals surface area (Å²) in [5.74, 6) is 0.477. The van der Waals surface area contributed by atoms with E-state index >= 15 is 0 Å². The summed E-state index contributed by atoms with van der Waals surface area (Å²) in [4.78, 5) is 25.9. The lowest BCUT2D eigenvalue weighted by Gasteiger charge is -2.32.